The van der Waals surface area contributed by atoms with E-state index in [2.05, 4.69) is 0 Å². The maximum absolute atomic E-state index is 10.9. The van der Waals surface area contributed by atoms with Crippen LogP contribution in [0.3, 0.4) is 0 Å². The predicted octanol–water partition coefficient (Wildman–Crippen LogP) is -1.03. The lowest BCUT2D eigenvalue weighted by Gasteiger charge is -2.01. The van der Waals surface area contributed by atoms with E-state index in [0.29, 0.717) is 11.3 Å². The second-order valence-corrected chi connectivity index (χ2v) is 3.80. The van der Waals surface area contributed by atoms with Gasteiger partial charge < -0.3 is 10.5 Å². The maximum atomic E-state index is 10.9. The summed E-state index contributed by atoms with van der Waals surface area (Å²) in [5, 5.41) is 0. The van der Waals surface area contributed by atoms with Crippen LogP contribution in [0.25, 0.3) is 0 Å². The summed E-state index contributed by atoms with van der Waals surface area (Å²) in [5.74, 6) is 0.0173. The number of methoxy groups -OCH3 is 1. The lowest BCUT2D eigenvalue weighted by Crippen LogP contribution is -2.29. The Morgan fingerprint density at radius 1 is 1.47 bits per heavy atom. The number of pyridine rings is 1. The van der Waals surface area contributed by atoms with E-state index in [1.165, 1.54) is 7.11 Å². The molecular formula is C8H13N2O6S+. The zero-order valence-corrected chi connectivity index (χ0v) is 10.0. The quantitative estimate of drug-likeness (QED) is 0.462. The molecule has 0 radical (unpaired) electrons. The zero-order chi connectivity index (χ0) is 13.6. The van der Waals surface area contributed by atoms with Gasteiger partial charge in [-0.1, -0.05) is 0 Å². The number of nitrogens with two attached hydrogens (primary N) is 1. The number of amides is 1. The molecule has 0 saturated heterocycles. The van der Waals surface area contributed by atoms with E-state index in [1.807, 2.05) is 7.05 Å². The highest BCUT2D eigenvalue weighted by Crippen LogP contribution is 2.13. The first-order chi connectivity index (χ1) is 7.65. The summed E-state index contributed by atoms with van der Waals surface area (Å²) in [6, 6.07) is 1.69. The number of hydrogen-bond donors (Lipinski definition) is 3. The van der Waals surface area contributed by atoms with Gasteiger partial charge in [0.25, 0.3) is 5.91 Å². The molecule has 0 bridgehead atoms. The van der Waals surface area contributed by atoms with Crippen molar-refractivity contribution in [3.8, 4) is 5.75 Å². The molecule has 1 rings (SSSR count). The lowest BCUT2D eigenvalue weighted by molar-refractivity contribution is -0.671. The third-order valence-electron chi connectivity index (χ3n) is 1.54. The summed E-state index contributed by atoms with van der Waals surface area (Å²) in [5.41, 5.74) is 5.52. The molecule has 0 spiro atoms. The first-order valence-electron chi connectivity index (χ1n) is 4.18. The van der Waals surface area contributed by atoms with Crippen molar-refractivity contribution in [3.63, 3.8) is 0 Å². The molecule has 0 aromatic carbocycles. The maximum Gasteiger partial charge on any atom is 0.394 e. The number of primary amides is 1. The molecule has 0 saturated carbocycles. The van der Waals surface area contributed by atoms with E-state index in [9.17, 15) is 4.79 Å². The fourth-order valence-electron chi connectivity index (χ4n) is 0.948. The normalized spacial score (nSPS) is 10.1. The van der Waals surface area contributed by atoms with Gasteiger partial charge in [0.05, 0.1) is 7.11 Å². The van der Waals surface area contributed by atoms with Crippen molar-refractivity contribution in [1.29, 1.82) is 0 Å². The average Bonchev–Trinajstić information content (AvgIpc) is 2.15. The van der Waals surface area contributed by atoms with Gasteiger partial charge in [-0.25, -0.2) is 4.57 Å². The molecule has 0 unspecified atom stereocenters. The average molecular weight is 265 g/mol. The molecule has 1 amide bonds. The molecule has 96 valence electrons. The minimum absolute atomic E-state index is 0.391. The number of nitrogens with zero attached hydrogens (tertiary/aromatic N) is 1. The molecule has 0 aliphatic carbocycles. The molecule has 0 atom stereocenters. The van der Waals surface area contributed by atoms with Gasteiger partial charge in [0.1, 0.15) is 18.4 Å². The Balaban J connectivity index is 0.000000437. The van der Waals surface area contributed by atoms with Gasteiger partial charge in [-0.15, -0.1) is 0 Å². The van der Waals surface area contributed by atoms with E-state index in [4.69, 9.17) is 28.0 Å². The van der Waals surface area contributed by atoms with Gasteiger partial charge in [0, 0.05) is 6.07 Å². The summed E-state index contributed by atoms with van der Waals surface area (Å²) in [6.07, 6.45) is 3.41. The Morgan fingerprint density at radius 3 is 2.29 bits per heavy atom. The fraction of sp³-hybridized carbons (Fsp3) is 0.250. The third-order valence-corrected chi connectivity index (χ3v) is 1.54. The minimum atomic E-state index is -4.67. The standard InChI is InChI=1S/C8H10N2O2.H2O4S/c1-10-4-3-7(12-2)6(5-10)8(9)11;1-5(2,3)4/h3-5H,1-2H3,(H-,9,11);(H2,1,2,3,4)/p+1. The number of carbonyl (C=O) groups excluding carboxylic acids is 1. The molecule has 0 fully saturated rings. The van der Waals surface area contributed by atoms with Crippen molar-refractivity contribution in [3.05, 3.63) is 24.0 Å². The third kappa shape index (κ3) is 7.22. The van der Waals surface area contributed by atoms with Crippen LogP contribution < -0.4 is 15.0 Å². The molecule has 8 nitrogen and oxygen atoms in total. The van der Waals surface area contributed by atoms with Crippen LogP contribution in [-0.2, 0) is 17.4 Å². The smallest absolute Gasteiger partial charge is 0.394 e. The van der Waals surface area contributed by atoms with Crippen LogP contribution in [-0.4, -0.2) is 30.5 Å². The van der Waals surface area contributed by atoms with Crippen LogP contribution in [0, 0.1) is 0 Å². The molecule has 17 heavy (non-hydrogen) atoms. The molecule has 9 heteroatoms. The Labute approximate surface area is 98.2 Å². The molecule has 1 aromatic heterocycles. The highest BCUT2D eigenvalue weighted by atomic mass is 32.3. The van der Waals surface area contributed by atoms with Crippen LogP contribution in [0.4, 0.5) is 0 Å². The molecular weight excluding hydrogens is 252 g/mol. The highest BCUT2D eigenvalue weighted by molar-refractivity contribution is 7.79. The van der Waals surface area contributed by atoms with E-state index >= 15 is 0 Å². The Morgan fingerprint density at radius 2 is 1.94 bits per heavy atom. The van der Waals surface area contributed by atoms with Crippen molar-refractivity contribution in [1.82, 2.24) is 0 Å². The monoisotopic (exact) mass is 265 g/mol. The SMILES string of the molecule is COc1cc[n+](C)cc1C(N)=O.O=S(=O)(O)O. The van der Waals surface area contributed by atoms with Crippen LogP contribution in [0.5, 0.6) is 5.75 Å². The highest BCUT2D eigenvalue weighted by Gasteiger charge is 2.12. The largest absolute Gasteiger partial charge is 0.495 e. The van der Waals surface area contributed by atoms with Gasteiger partial charge in [-0.3, -0.25) is 13.9 Å². The van der Waals surface area contributed by atoms with Gasteiger partial charge >= 0.3 is 10.4 Å². The van der Waals surface area contributed by atoms with Crippen molar-refractivity contribution in [2.24, 2.45) is 12.8 Å². The number of carbonyl (C=O) groups is 1. The zero-order valence-electron chi connectivity index (χ0n) is 9.19. The Kier molecular flexibility index (Phi) is 5.51. The predicted molar refractivity (Wildman–Crippen MR) is 56.9 cm³/mol. The van der Waals surface area contributed by atoms with Crippen molar-refractivity contribution < 1.29 is 31.6 Å². The number of ether oxygens (including phenoxy) is 1. The first kappa shape index (κ1) is 15.3. The van der Waals surface area contributed by atoms with Crippen LogP contribution in [0.2, 0.25) is 0 Å². The molecule has 0 aliphatic rings. The van der Waals surface area contributed by atoms with Crippen molar-refractivity contribution in [2.75, 3.05) is 7.11 Å². The van der Waals surface area contributed by atoms with Gasteiger partial charge in [-0.2, -0.15) is 8.42 Å². The second kappa shape index (κ2) is 6.13. The van der Waals surface area contributed by atoms with Crippen molar-refractivity contribution >= 4 is 16.3 Å². The first-order valence-corrected chi connectivity index (χ1v) is 5.57. The summed E-state index contributed by atoms with van der Waals surface area (Å²) in [4.78, 5) is 10.9. The second-order valence-electron chi connectivity index (χ2n) is 2.90. The van der Waals surface area contributed by atoms with Crippen LogP contribution in [0.15, 0.2) is 18.5 Å². The fourth-order valence-corrected chi connectivity index (χ4v) is 0.948. The molecule has 1 aromatic rings. The topological polar surface area (TPSA) is 131 Å². The number of rotatable bonds is 2. The Hall–Kier alpha value is -1.71. The lowest BCUT2D eigenvalue weighted by atomic mass is 10.2. The summed E-state index contributed by atoms with van der Waals surface area (Å²) in [6.45, 7) is 0. The van der Waals surface area contributed by atoms with Gasteiger partial charge in [0.2, 0.25) is 0 Å². The van der Waals surface area contributed by atoms with Gasteiger partial charge in [-0.05, 0) is 0 Å². The molecule has 4 N–H and O–H groups in total. The van der Waals surface area contributed by atoms with E-state index in [0.717, 1.165) is 0 Å². The number of hydrogen-bond acceptors (Lipinski definition) is 4. The van der Waals surface area contributed by atoms with Crippen LogP contribution >= 0.6 is 0 Å². The number of aryl methyl sites for hydroxylation is 1. The molecule has 1 heterocycles. The summed E-state index contributed by atoms with van der Waals surface area (Å²) in [7, 11) is -1.35. The van der Waals surface area contributed by atoms with E-state index in [1.54, 1.807) is 23.0 Å². The van der Waals surface area contributed by atoms with E-state index in [-0.39, 0.29) is 0 Å². The minimum Gasteiger partial charge on any atom is -0.495 e. The molecule has 0 aliphatic heterocycles. The summed E-state index contributed by atoms with van der Waals surface area (Å²) < 4.78 is 38.3. The summed E-state index contributed by atoms with van der Waals surface area (Å²) >= 11 is 0. The number of aromatic nitrogens is 1. The van der Waals surface area contributed by atoms with Crippen LogP contribution in [0.1, 0.15) is 10.4 Å². The van der Waals surface area contributed by atoms with Crippen molar-refractivity contribution in [2.45, 2.75) is 0 Å². The van der Waals surface area contributed by atoms with E-state index < -0.39 is 16.3 Å². The van der Waals surface area contributed by atoms with Gasteiger partial charge in [0.15, 0.2) is 12.4 Å². The Bertz CT molecular complexity index is 491.